The van der Waals surface area contributed by atoms with Crippen molar-refractivity contribution in [1.82, 2.24) is 0 Å². The van der Waals surface area contributed by atoms with Gasteiger partial charge in [-0.1, -0.05) is 6.07 Å². The van der Waals surface area contributed by atoms with Crippen LogP contribution in [0.3, 0.4) is 0 Å². The van der Waals surface area contributed by atoms with Crippen molar-refractivity contribution in [2.24, 2.45) is 0 Å². The first-order valence-corrected chi connectivity index (χ1v) is 4.69. The molecule has 0 amide bonds. The van der Waals surface area contributed by atoms with Crippen molar-refractivity contribution < 1.29 is 13.6 Å². The second kappa shape index (κ2) is 4.13. The Balaban J connectivity index is 3.19. The molecule has 0 unspecified atom stereocenters. The summed E-state index contributed by atoms with van der Waals surface area (Å²) in [6.45, 7) is 1.36. The fraction of sp³-hybridized carbons (Fsp3) is 0.222. The quantitative estimate of drug-likeness (QED) is 0.603. The Morgan fingerprint density at radius 1 is 1.46 bits per heavy atom. The molecule has 0 N–H and O–H groups in total. The summed E-state index contributed by atoms with van der Waals surface area (Å²) < 4.78 is 25.2. The first kappa shape index (κ1) is 10.6. The molecule has 0 saturated heterocycles. The third-order valence-electron chi connectivity index (χ3n) is 1.64. The molecule has 70 valence electrons. The molecule has 0 radical (unpaired) electrons. The van der Waals surface area contributed by atoms with Gasteiger partial charge in [-0.2, -0.15) is 0 Å². The van der Waals surface area contributed by atoms with Crippen LogP contribution in [0.1, 0.15) is 29.3 Å². The van der Waals surface area contributed by atoms with Gasteiger partial charge in [-0.15, -0.1) is 0 Å². The average Bonchev–Trinajstić information content (AvgIpc) is 2.04. The zero-order valence-corrected chi connectivity index (χ0v) is 9.01. The number of alkyl halides is 2. The Kier molecular flexibility index (Phi) is 3.35. The van der Waals surface area contributed by atoms with Crippen LogP contribution in [-0.2, 0) is 0 Å². The zero-order chi connectivity index (χ0) is 10.0. The zero-order valence-electron chi connectivity index (χ0n) is 6.85. The van der Waals surface area contributed by atoms with E-state index in [1.54, 1.807) is 6.07 Å². The van der Waals surface area contributed by atoms with Crippen LogP contribution in [0.2, 0.25) is 0 Å². The summed E-state index contributed by atoms with van der Waals surface area (Å²) in [6, 6.07) is 4.32. The number of hydrogen-bond acceptors (Lipinski definition) is 1. The highest BCUT2D eigenvalue weighted by molar-refractivity contribution is 14.1. The molecular formula is C9H7F2IO. The molecular weight excluding hydrogens is 289 g/mol. The van der Waals surface area contributed by atoms with Gasteiger partial charge in [0.05, 0.1) is 0 Å². The largest absolute Gasteiger partial charge is 0.295 e. The maximum absolute atomic E-state index is 12.4. The van der Waals surface area contributed by atoms with Gasteiger partial charge < -0.3 is 0 Å². The van der Waals surface area contributed by atoms with Gasteiger partial charge in [0.15, 0.2) is 5.78 Å². The summed E-state index contributed by atoms with van der Waals surface area (Å²) in [5.41, 5.74) is 0.254. The average molecular weight is 296 g/mol. The molecule has 1 rings (SSSR count). The molecule has 0 aromatic heterocycles. The van der Waals surface area contributed by atoms with Crippen LogP contribution in [0.25, 0.3) is 0 Å². The van der Waals surface area contributed by atoms with Crippen molar-refractivity contribution >= 4 is 28.4 Å². The Bertz CT molecular complexity index is 336. The number of Topliss-reactive ketones (excluding diaryl/α,β-unsaturated/α-hetero) is 1. The molecule has 0 heterocycles. The maximum Gasteiger partial charge on any atom is 0.264 e. The van der Waals surface area contributed by atoms with Crippen molar-refractivity contribution in [3.05, 3.63) is 32.9 Å². The summed E-state index contributed by atoms with van der Waals surface area (Å²) in [5.74, 6) is -0.196. The molecule has 1 aromatic carbocycles. The molecule has 0 spiro atoms. The highest BCUT2D eigenvalue weighted by Gasteiger charge is 2.12. The van der Waals surface area contributed by atoms with Crippen LogP contribution >= 0.6 is 22.6 Å². The lowest BCUT2D eigenvalue weighted by molar-refractivity contribution is 0.101. The molecule has 0 fully saturated rings. The maximum atomic E-state index is 12.4. The molecule has 0 aliphatic rings. The fourth-order valence-corrected chi connectivity index (χ4v) is 1.50. The summed E-state index contributed by atoms with van der Waals surface area (Å²) in [7, 11) is 0. The number of benzene rings is 1. The van der Waals surface area contributed by atoms with E-state index in [-0.39, 0.29) is 11.3 Å². The van der Waals surface area contributed by atoms with Gasteiger partial charge in [0, 0.05) is 14.7 Å². The molecule has 0 aliphatic heterocycles. The van der Waals surface area contributed by atoms with Gasteiger partial charge in [0.25, 0.3) is 6.43 Å². The number of hydrogen-bond donors (Lipinski definition) is 0. The predicted molar refractivity (Wildman–Crippen MR) is 54.1 cm³/mol. The standard InChI is InChI=1S/C9H7F2IO/c1-5(13)6-2-3-8(12)7(4-6)9(10)11/h2-4,9H,1H3. The van der Waals surface area contributed by atoms with Gasteiger partial charge in [-0.3, -0.25) is 4.79 Å². The summed E-state index contributed by atoms with van der Waals surface area (Å²) >= 11 is 1.82. The topological polar surface area (TPSA) is 17.1 Å². The molecule has 1 nitrogen and oxygen atoms in total. The Morgan fingerprint density at radius 2 is 2.08 bits per heavy atom. The highest BCUT2D eigenvalue weighted by Crippen LogP contribution is 2.25. The van der Waals surface area contributed by atoms with E-state index in [0.717, 1.165) is 0 Å². The summed E-state index contributed by atoms with van der Waals surface area (Å²) in [4.78, 5) is 10.9. The van der Waals surface area contributed by atoms with Crippen LogP contribution in [0.4, 0.5) is 8.78 Å². The minimum Gasteiger partial charge on any atom is -0.295 e. The van der Waals surface area contributed by atoms with Gasteiger partial charge in [-0.25, -0.2) is 8.78 Å². The molecule has 13 heavy (non-hydrogen) atoms. The summed E-state index contributed by atoms with van der Waals surface area (Å²) in [6.07, 6.45) is -2.52. The number of carbonyl (C=O) groups is 1. The third-order valence-corrected chi connectivity index (χ3v) is 2.62. The highest BCUT2D eigenvalue weighted by atomic mass is 127. The van der Waals surface area contributed by atoms with E-state index >= 15 is 0 Å². The Morgan fingerprint density at radius 3 is 2.54 bits per heavy atom. The lowest BCUT2D eigenvalue weighted by atomic mass is 10.1. The lowest BCUT2D eigenvalue weighted by Gasteiger charge is -2.04. The first-order valence-electron chi connectivity index (χ1n) is 3.61. The van der Waals surface area contributed by atoms with Crippen LogP contribution in [0, 0.1) is 3.57 Å². The van der Waals surface area contributed by atoms with E-state index in [1.165, 1.54) is 19.1 Å². The van der Waals surface area contributed by atoms with Gasteiger partial charge in [-0.05, 0) is 41.6 Å². The van der Waals surface area contributed by atoms with Crippen molar-refractivity contribution in [2.75, 3.05) is 0 Å². The lowest BCUT2D eigenvalue weighted by Crippen LogP contribution is -1.96. The van der Waals surface area contributed by atoms with Crippen LogP contribution < -0.4 is 0 Å². The van der Waals surface area contributed by atoms with E-state index in [9.17, 15) is 13.6 Å². The number of carbonyl (C=O) groups excluding carboxylic acids is 1. The van der Waals surface area contributed by atoms with E-state index in [4.69, 9.17) is 0 Å². The molecule has 0 atom stereocenters. The van der Waals surface area contributed by atoms with Crippen LogP contribution in [-0.4, -0.2) is 5.78 Å². The number of rotatable bonds is 2. The molecule has 0 saturated carbocycles. The predicted octanol–water partition coefficient (Wildman–Crippen LogP) is 3.43. The molecule has 4 heteroatoms. The SMILES string of the molecule is CC(=O)c1ccc(I)c(C(F)F)c1. The second-order valence-corrected chi connectivity index (χ2v) is 3.76. The molecule has 0 aliphatic carbocycles. The van der Waals surface area contributed by atoms with E-state index in [2.05, 4.69) is 0 Å². The molecule has 1 aromatic rings. The van der Waals surface area contributed by atoms with Gasteiger partial charge in [0.1, 0.15) is 0 Å². The number of halogens is 3. The van der Waals surface area contributed by atoms with Crippen molar-refractivity contribution in [3.63, 3.8) is 0 Å². The van der Waals surface area contributed by atoms with Gasteiger partial charge >= 0.3 is 0 Å². The number of ketones is 1. The normalized spacial score (nSPS) is 10.5. The van der Waals surface area contributed by atoms with Gasteiger partial charge in [0.2, 0.25) is 0 Å². The third kappa shape index (κ3) is 2.46. The second-order valence-electron chi connectivity index (χ2n) is 2.59. The first-order chi connectivity index (χ1) is 6.02. The Hall–Kier alpha value is -0.520. The molecule has 0 bridgehead atoms. The minimum absolute atomic E-state index is 0.0756. The monoisotopic (exact) mass is 296 g/mol. The van der Waals surface area contributed by atoms with Crippen molar-refractivity contribution in [1.29, 1.82) is 0 Å². The fourth-order valence-electron chi connectivity index (χ4n) is 0.930. The van der Waals surface area contributed by atoms with Crippen molar-refractivity contribution in [3.8, 4) is 0 Å². The minimum atomic E-state index is -2.52. The van der Waals surface area contributed by atoms with E-state index < -0.39 is 6.43 Å². The summed E-state index contributed by atoms with van der Waals surface area (Å²) in [5, 5.41) is 0. The van der Waals surface area contributed by atoms with E-state index in [1.807, 2.05) is 22.6 Å². The van der Waals surface area contributed by atoms with E-state index in [0.29, 0.717) is 9.13 Å². The van der Waals surface area contributed by atoms with Crippen LogP contribution in [0.15, 0.2) is 18.2 Å². The Labute approximate surface area is 88.3 Å². The van der Waals surface area contributed by atoms with Crippen molar-refractivity contribution in [2.45, 2.75) is 13.3 Å². The van der Waals surface area contributed by atoms with Crippen LogP contribution in [0.5, 0.6) is 0 Å². The smallest absolute Gasteiger partial charge is 0.264 e.